The molecule has 3 saturated carbocycles. The molecule has 2 spiro atoms. The van der Waals surface area contributed by atoms with Gasteiger partial charge in [-0.25, -0.2) is 0 Å². The average Bonchev–Trinajstić information content (AvgIpc) is 3.64. The Hall–Kier alpha value is -5.79. The van der Waals surface area contributed by atoms with Crippen LogP contribution in [0.5, 0.6) is 0 Å². The lowest BCUT2D eigenvalue weighted by molar-refractivity contribution is 0.130. The minimum Gasteiger partial charge on any atom is -0.272 e. The highest BCUT2D eigenvalue weighted by atomic mass is 14.7. The highest BCUT2D eigenvalue weighted by molar-refractivity contribution is 6.19. The molecule has 0 heterocycles. The van der Waals surface area contributed by atoms with Gasteiger partial charge in [-0.05, 0) is 175 Å². The highest BCUT2D eigenvalue weighted by Gasteiger charge is 2.70. The minimum absolute atomic E-state index is 0.159. The summed E-state index contributed by atoms with van der Waals surface area (Å²) in [5.74, 6) is 2.41. The van der Waals surface area contributed by atoms with Crippen LogP contribution in [0.25, 0.3) is 71.6 Å². The minimum atomic E-state index is 0.159. The molecular weight excluding hydrogens is 663 g/mol. The van der Waals surface area contributed by atoms with Crippen LogP contribution in [0, 0.1) is 23.2 Å². The number of hydrogen-bond donors (Lipinski definition) is 0. The summed E-state index contributed by atoms with van der Waals surface area (Å²) in [5.41, 5.74) is 16.8. The predicted molar refractivity (Wildman–Crippen MR) is 233 cm³/mol. The first-order chi connectivity index (χ1) is 27.0. The summed E-state index contributed by atoms with van der Waals surface area (Å²) in [5, 5.41) is 4.96. The molecule has 5 unspecified atom stereocenters. The molecule has 1 heteroatoms. The standard InChI is InChI=1S/C54H45N/c1-4-35(25-26-55-3)51-44-18-5-7-20-46(44)52(47-21-8-6-19-45(47)51)40-16-12-15-38(28-40)36-13-11-14-37(27-36)39-23-24-50-48(29-39)43-17-9-10-22-49(43)54(50)34(2)31-53-32-41(53)30-42(54)33-53/h4-29,34,41-42H,3,30-33H2,1-2H3/b26-25-,35-4+. The number of rotatable bonds is 6. The maximum absolute atomic E-state index is 4.02. The summed E-state index contributed by atoms with van der Waals surface area (Å²) in [7, 11) is 0. The van der Waals surface area contributed by atoms with Crippen LogP contribution in [-0.4, -0.2) is 6.72 Å². The third-order valence-electron chi connectivity index (χ3n) is 14.4. The van der Waals surface area contributed by atoms with Crippen LogP contribution in [0.15, 0.2) is 163 Å². The fourth-order valence-corrected chi connectivity index (χ4v) is 12.2. The normalized spacial score (nSPS) is 24.7. The van der Waals surface area contributed by atoms with E-state index < -0.39 is 0 Å². The van der Waals surface area contributed by atoms with Crippen LogP contribution in [0.3, 0.4) is 0 Å². The molecule has 3 fully saturated rings. The molecule has 7 aromatic carbocycles. The Morgan fingerprint density at radius 1 is 0.600 bits per heavy atom. The third kappa shape index (κ3) is 4.62. The van der Waals surface area contributed by atoms with Gasteiger partial charge in [-0.1, -0.05) is 134 Å². The molecule has 4 aliphatic rings. The molecular formula is C54H45N. The van der Waals surface area contributed by atoms with E-state index in [1.54, 1.807) is 17.3 Å². The molecule has 0 aliphatic heterocycles. The monoisotopic (exact) mass is 707 g/mol. The molecule has 1 nitrogen and oxygen atoms in total. The quantitative estimate of drug-likeness (QED) is 0.0927. The van der Waals surface area contributed by atoms with Crippen molar-refractivity contribution in [3.8, 4) is 44.5 Å². The number of benzene rings is 7. The van der Waals surface area contributed by atoms with E-state index in [2.05, 4.69) is 177 Å². The van der Waals surface area contributed by atoms with Crippen molar-refractivity contribution in [1.82, 2.24) is 0 Å². The fourth-order valence-electron chi connectivity index (χ4n) is 12.2. The second kappa shape index (κ2) is 12.1. The van der Waals surface area contributed by atoms with E-state index in [-0.39, 0.29) is 5.41 Å². The van der Waals surface area contributed by atoms with Crippen molar-refractivity contribution in [2.75, 3.05) is 0 Å². The van der Waals surface area contributed by atoms with Crippen LogP contribution in [0.2, 0.25) is 0 Å². The highest BCUT2D eigenvalue weighted by Crippen LogP contribution is 2.78. The van der Waals surface area contributed by atoms with Crippen molar-refractivity contribution in [3.63, 3.8) is 0 Å². The molecule has 5 atom stereocenters. The van der Waals surface area contributed by atoms with Gasteiger partial charge >= 0.3 is 0 Å². The van der Waals surface area contributed by atoms with E-state index in [9.17, 15) is 0 Å². The van der Waals surface area contributed by atoms with Gasteiger partial charge in [-0.15, -0.1) is 0 Å². The van der Waals surface area contributed by atoms with E-state index in [1.807, 2.05) is 0 Å². The first kappa shape index (κ1) is 32.6. The Bertz CT molecular complexity index is 2740. The Morgan fingerprint density at radius 3 is 1.87 bits per heavy atom. The second-order valence-electron chi connectivity index (χ2n) is 16.9. The zero-order valence-electron chi connectivity index (χ0n) is 31.7. The lowest BCUT2D eigenvalue weighted by atomic mass is 9.55. The number of aliphatic imine (C=N–C) groups is 1. The van der Waals surface area contributed by atoms with Crippen LogP contribution in [-0.2, 0) is 5.41 Å². The Balaban J connectivity index is 1.01. The summed E-state index contributed by atoms with van der Waals surface area (Å²) >= 11 is 0. The number of fused-ring (bicyclic) bond motifs is 9. The van der Waals surface area contributed by atoms with Crippen LogP contribution < -0.4 is 0 Å². The largest absolute Gasteiger partial charge is 0.272 e. The van der Waals surface area contributed by atoms with E-state index in [0.717, 1.165) is 17.4 Å². The first-order valence-corrected chi connectivity index (χ1v) is 20.2. The molecule has 266 valence electrons. The zero-order valence-corrected chi connectivity index (χ0v) is 31.7. The summed E-state index contributed by atoms with van der Waals surface area (Å²) in [4.78, 5) is 4.02. The summed E-state index contributed by atoms with van der Waals surface area (Å²) in [6.45, 7) is 8.35. The molecule has 11 rings (SSSR count). The van der Waals surface area contributed by atoms with Crippen molar-refractivity contribution >= 4 is 33.8 Å². The summed E-state index contributed by atoms with van der Waals surface area (Å²) < 4.78 is 0. The second-order valence-corrected chi connectivity index (χ2v) is 16.9. The molecule has 55 heavy (non-hydrogen) atoms. The van der Waals surface area contributed by atoms with E-state index >= 15 is 0 Å². The van der Waals surface area contributed by atoms with Crippen LogP contribution in [0.1, 0.15) is 56.2 Å². The Kier molecular flexibility index (Phi) is 7.18. The lowest BCUT2D eigenvalue weighted by Crippen LogP contribution is -2.44. The van der Waals surface area contributed by atoms with Gasteiger partial charge < -0.3 is 0 Å². The third-order valence-corrected chi connectivity index (χ3v) is 14.4. The van der Waals surface area contributed by atoms with Gasteiger partial charge in [0.05, 0.1) is 0 Å². The average molecular weight is 708 g/mol. The fraction of sp³-hybridized carbons (Fsp3) is 0.204. The Morgan fingerprint density at radius 2 is 1.18 bits per heavy atom. The van der Waals surface area contributed by atoms with Gasteiger partial charge in [0, 0.05) is 11.6 Å². The number of nitrogens with zero attached hydrogens (tertiary/aromatic N) is 1. The van der Waals surface area contributed by atoms with E-state index in [1.165, 1.54) is 97.3 Å². The van der Waals surface area contributed by atoms with Gasteiger partial charge in [-0.3, -0.25) is 4.99 Å². The van der Waals surface area contributed by atoms with Gasteiger partial charge in [0.1, 0.15) is 0 Å². The van der Waals surface area contributed by atoms with Gasteiger partial charge in [0.15, 0.2) is 0 Å². The topological polar surface area (TPSA) is 12.4 Å². The van der Waals surface area contributed by atoms with Crippen molar-refractivity contribution in [2.24, 2.45) is 28.2 Å². The number of hydrogen-bond acceptors (Lipinski definition) is 1. The Labute approximate surface area is 324 Å². The maximum atomic E-state index is 4.02. The molecule has 0 saturated heterocycles. The van der Waals surface area contributed by atoms with Gasteiger partial charge in [-0.2, -0.15) is 0 Å². The summed E-state index contributed by atoms with van der Waals surface area (Å²) in [6.07, 6.45) is 11.7. The van der Waals surface area contributed by atoms with Crippen molar-refractivity contribution in [3.05, 3.63) is 175 Å². The molecule has 2 bridgehead atoms. The molecule has 4 aliphatic carbocycles. The lowest BCUT2D eigenvalue weighted by Gasteiger charge is -2.48. The maximum Gasteiger partial charge on any atom is 0.0269 e. The van der Waals surface area contributed by atoms with Crippen molar-refractivity contribution in [1.29, 1.82) is 0 Å². The molecule has 0 radical (unpaired) electrons. The van der Waals surface area contributed by atoms with Gasteiger partial charge in [0.25, 0.3) is 0 Å². The van der Waals surface area contributed by atoms with Crippen LogP contribution >= 0.6 is 0 Å². The first-order valence-electron chi connectivity index (χ1n) is 20.2. The SMILES string of the molecule is C=N/C=C\C(=C/C)c1c2ccccc2c(-c2cccc(-c3cccc(-c4ccc5c(c4)-c4ccccc4C54C(C)CC56CC5CC4C6)c3)c2)c2ccccc12. The predicted octanol–water partition coefficient (Wildman–Crippen LogP) is 14.3. The molecule has 0 aromatic heterocycles. The molecule has 7 aromatic rings. The zero-order chi connectivity index (χ0) is 36.9. The van der Waals surface area contributed by atoms with Crippen molar-refractivity contribution in [2.45, 2.75) is 44.9 Å². The molecule has 0 N–H and O–H groups in total. The van der Waals surface area contributed by atoms with E-state index in [0.29, 0.717) is 11.3 Å². The summed E-state index contributed by atoms with van der Waals surface area (Å²) in [6, 6.07) is 52.9. The van der Waals surface area contributed by atoms with E-state index in [4.69, 9.17) is 0 Å². The van der Waals surface area contributed by atoms with Gasteiger partial charge in [0.2, 0.25) is 0 Å². The van der Waals surface area contributed by atoms with Crippen LogP contribution in [0.4, 0.5) is 0 Å². The van der Waals surface area contributed by atoms with Crippen molar-refractivity contribution < 1.29 is 0 Å². The molecule has 0 amide bonds. The number of allylic oxidation sites excluding steroid dienone is 3. The smallest absolute Gasteiger partial charge is 0.0269 e.